The highest BCUT2D eigenvalue weighted by Crippen LogP contribution is 2.54. The smallest absolute Gasteiger partial charge is 0.243 e. The molecule has 4 atom stereocenters. The van der Waals surface area contributed by atoms with E-state index < -0.39 is 0 Å². The highest BCUT2D eigenvalue weighted by atomic mass is 16.5. The van der Waals surface area contributed by atoms with Crippen molar-refractivity contribution in [1.29, 1.82) is 0 Å². The van der Waals surface area contributed by atoms with Gasteiger partial charge in [-0.05, 0) is 38.3 Å². The molecule has 3 saturated heterocycles. The third kappa shape index (κ3) is 0.978. The van der Waals surface area contributed by atoms with E-state index in [0.29, 0.717) is 11.6 Å². The van der Waals surface area contributed by atoms with Crippen LogP contribution in [0.4, 0.5) is 0 Å². The lowest BCUT2D eigenvalue weighted by atomic mass is 9.85. The van der Waals surface area contributed by atoms with Crippen LogP contribution in [0.15, 0.2) is 10.9 Å². The molecular weight excluding hydrogens is 204 g/mol. The van der Waals surface area contributed by atoms with Crippen LogP contribution in [0.3, 0.4) is 0 Å². The monoisotopic (exact) mass is 220 g/mol. The number of rotatable bonds is 1. The van der Waals surface area contributed by atoms with Gasteiger partial charge in [-0.15, -0.1) is 0 Å². The maximum absolute atomic E-state index is 5.25. The number of hydrogen-bond acceptors (Lipinski definition) is 5. The van der Waals surface area contributed by atoms with Crippen molar-refractivity contribution in [2.75, 3.05) is 19.6 Å². The fraction of sp³-hybridized carbons (Fsp3) is 0.818. The molecule has 1 spiro atoms. The van der Waals surface area contributed by atoms with Crippen LogP contribution < -0.4 is 5.32 Å². The second-order valence-electron chi connectivity index (χ2n) is 5.24. The summed E-state index contributed by atoms with van der Waals surface area (Å²) < 4.78 is 5.25. The van der Waals surface area contributed by atoms with E-state index in [1.165, 1.54) is 32.1 Å². The van der Waals surface area contributed by atoms with Crippen LogP contribution in [0.25, 0.3) is 0 Å². The van der Waals surface area contributed by atoms with Crippen LogP contribution in [0.2, 0.25) is 0 Å². The van der Waals surface area contributed by atoms with Gasteiger partial charge in [0.1, 0.15) is 0 Å². The van der Waals surface area contributed by atoms with Gasteiger partial charge in [0.25, 0.3) is 0 Å². The zero-order chi connectivity index (χ0) is 10.6. The topological polar surface area (TPSA) is 54.2 Å². The van der Waals surface area contributed by atoms with Crippen molar-refractivity contribution < 1.29 is 4.52 Å². The molecule has 4 heterocycles. The minimum Gasteiger partial charge on any atom is -0.338 e. The van der Waals surface area contributed by atoms with Crippen molar-refractivity contribution in [2.24, 2.45) is 5.92 Å². The van der Waals surface area contributed by atoms with Crippen molar-refractivity contribution in [1.82, 2.24) is 20.4 Å². The van der Waals surface area contributed by atoms with Crippen molar-refractivity contribution in [2.45, 2.75) is 30.8 Å². The molecule has 86 valence electrons. The highest BCUT2D eigenvalue weighted by molar-refractivity contribution is 5.16. The predicted octanol–water partition coefficient (Wildman–Crippen LogP) is 0.568. The van der Waals surface area contributed by atoms with Gasteiger partial charge in [0, 0.05) is 12.1 Å². The maximum Gasteiger partial charge on any atom is 0.243 e. The van der Waals surface area contributed by atoms with Crippen LogP contribution in [0.5, 0.6) is 0 Å². The molecule has 2 bridgehead atoms. The van der Waals surface area contributed by atoms with Crippen LogP contribution >= 0.6 is 0 Å². The number of piperidine rings is 1. The highest BCUT2D eigenvalue weighted by Gasteiger charge is 2.59. The summed E-state index contributed by atoms with van der Waals surface area (Å²) in [7, 11) is 0. The van der Waals surface area contributed by atoms with E-state index >= 15 is 0 Å². The van der Waals surface area contributed by atoms with E-state index in [1.54, 1.807) is 0 Å². The van der Waals surface area contributed by atoms with Crippen LogP contribution in [0.1, 0.15) is 31.2 Å². The van der Waals surface area contributed by atoms with Gasteiger partial charge < -0.3 is 9.84 Å². The largest absolute Gasteiger partial charge is 0.338 e. The molecule has 3 fully saturated rings. The number of nitrogens with one attached hydrogen (secondary N) is 1. The number of hydrogen-bond donors (Lipinski definition) is 1. The lowest BCUT2D eigenvalue weighted by molar-refractivity contribution is 0.125. The Morgan fingerprint density at radius 2 is 2.56 bits per heavy atom. The van der Waals surface area contributed by atoms with E-state index in [1.807, 2.05) is 0 Å². The van der Waals surface area contributed by atoms with Gasteiger partial charge in [-0.2, -0.15) is 4.98 Å². The van der Waals surface area contributed by atoms with Crippen LogP contribution in [-0.4, -0.2) is 40.2 Å². The molecule has 1 aromatic heterocycles. The van der Waals surface area contributed by atoms with Gasteiger partial charge in [0.05, 0.1) is 6.04 Å². The van der Waals surface area contributed by atoms with E-state index in [2.05, 4.69) is 20.4 Å². The second kappa shape index (κ2) is 3.05. The molecule has 0 aliphatic carbocycles. The summed E-state index contributed by atoms with van der Waals surface area (Å²) in [5.74, 6) is 1.63. The van der Waals surface area contributed by atoms with Gasteiger partial charge >= 0.3 is 0 Å². The molecule has 0 radical (unpaired) electrons. The molecule has 4 unspecified atom stereocenters. The summed E-state index contributed by atoms with van der Waals surface area (Å²) in [6, 6.07) is 0.376. The first-order valence-electron chi connectivity index (χ1n) is 6.14. The molecule has 5 heteroatoms. The quantitative estimate of drug-likeness (QED) is 0.750. The fourth-order valence-electron chi connectivity index (χ4n) is 4.08. The zero-order valence-corrected chi connectivity index (χ0v) is 9.22. The molecule has 0 saturated carbocycles. The van der Waals surface area contributed by atoms with Gasteiger partial charge in [-0.1, -0.05) is 5.16 Å². The first kappa shape index (κ1) is 9.13. The Balaban J connectivity index is 1.70. The Bertz CT molecular complexity index is 385. The summed E-state index contributed by atoms with van der Waals surface area (Å²) in [5, 5.41) is 7.25. The Morgan fingerprint density at radius 3 is 3.31 bits per heavy atom. The lowest BCUT2D eigenvalue weighted by Crippen LogP contribution is -2.44. The lowest BCUT2D eigenvalue weighted by Gasteiger charge is -2.32. The number of aromatic nitrogens is 2. The Labute approximate surface area is 94.2 Å². The summed E-state index contributed by atoms with van der Waals surface area (Å²) in [4.78, 5) is 6.85. The number of nitrogens with zero attached hydrogens (tertiary/aromatic N) is 3. The molecule has 1 N–H and O–H groups in total. The molecule has 5 nitrogen and oxygen atoms in total. The molecule has 4 rings (SSSR count). The molecule has 16 heavy (non-hydrogen) atoms. The van der Waals surface area contributed by atoms with E-state index in [9.17, 15) is 0 Å². The van der Waals surface area contributed by atoms with Gasteiger partial charge in [0.15, 0.2) is 6.33 Å². The SMILES string of the molecule is c1noc(C2CC3CCN2C32CCNC2)n1. The van der Waals surface area contributed by atoms with E-state index in [4.69, 9.17) is 4.52 Å². The normalized spacial score (nSPS) is 45.9. The summed E-state index contributed by atoms with van der Waals surface area (Å²) in [6.45, 7) is 3.49. The first-order chi connectivity index (χ1) is 7.90. The molecule has 0 amide bonds. The van der Waals surface area contributed by atoms with Crippen molar-refractivity contribution in [3.8, 4) is 0 Å². The Morgan fingerprint density at radius 1 is 1.56 bits per heavy atom. The summed E-state index contributed by atoms with van der Waals surface area (Å²) in [5.41, 5.74) is 0.402. The first-order valence-corrected chi connectivity index (χ1v) is 6.14. The van der Waals surface area contributed by atoms with Gasteiger partial charge in [-0.3, -0.25) is 4.90 Å². The molecule has 0 aromatic carbocycles. The Hall–Kier alpha value is -0.940. The standard InChI is InChI=1S/C11H16N4O/c1-4-15-9(10-13-7-14-16-10)5-8(1)11(15)2-3-12-6-11/h7-9,12H,1-6H2. The van der Waals surface area contributed by atoms with Gasteiger partial charge in [-0.25, -0.2) is 0 Å². The average molecular weight is 220 g/mol. The minimum atomic E-state index is 0.376. The summed E-state index contributed by atoms with van der Waals surface area (Å²) >= 11 is 0. The predicted molar refractivity (Wildman–Crippen MR) is 56.7 cm³/mol. The molecule has 3 aliphatic rings. The van der Waals surface area contributed by atoms with E-state index in [-0.39, 0.29) is 0 Å². The third-order valence-electron chi connectivity index (χ3n) is 4.76. The average Bonchev–Trinajstić information content (AvgIpc) is 3.08. The van der Waals surface area contributed by atoms with E-state index in [0.717, 1.165) is 24.9 Å². The van der Waals surface area contributed by atoms with Crippen molar-refractivity contribution >= 4 is 0 Å². The minimum absolute atomic E-state index is 0.376. The van der Waals surface area contributed by atoms with Crippen molar-refractivity contribution in [3.05, 3.63) is 12.2 Å². The molecule has 3 aliphatic heterocycles. The fourth-order valence-corrected chi connectivity index (χ4v) is 4.08. The zero-order valence-electron chi connectivity index (χ0n) is 9.22. The molecule has 1 aromatic rings. The van der Waals surface area contributed by atoms with Gasteiger partial charge in [0.2, 0.25) is 5.89 Å². The second-order valence-corrected chi connectivity index (χ2v) is 5.24. The Kier molecular flexibility index (Phi) is 1.74. The van der Waals surface area contributed by atoms with Crippen molar-refractivity contribution in [3.63, 3.8) is 0 Å². The van der Waals surface area contributed by atoms with Crippen LogP contribution in [0, 0.1) is 5.92 Å². The third-order valence-corrected chi connectivity index (χ3v) is 4.76. The van der Waals surface area contributed by atoms with Crippen LogP contribution in [-0.2, 0) is 0 Å². The maximum atomic E-state index is 5.25. The molecular formula is C11H16N4O. The summed E-state index contributed by atoms with van der Waals surface area (Å²) in [6.07, 6.45) is 5.33.